The van der Waals surface area contributed by atoms with Crippen LogP contribution in [0, 0.1) is 5.95 Å². The molecule has 2 aromatic rings. The van der Waals surface area contributed by atoms with E-state index in [2.05, 4.69) is 4.98 Å². The fourth-order valence-corrected chi connectivity index (χ4v) is 3.27. The van der Waals surface area contributed by atoms with Gasteiger partial charge in [0.05, 0.1) is 11.6 Å². The van der Waals surface area contributed by atoms with Gasteiger partial charge in [-0.3, -0.25) is 0 Å². The highest BCUT2D eigenvalue weighted by Gasteiger charge is 2.28. The number of carbonyl (C=O) groups excluding carboxylic acids is 1. The second-order valence-electron chi connectivity index (χ2n) is 8.03. The molecule has 3 rings (SSSR count). The molecule has 1 amide bonds. The zero-order chi connectivity index (χ0) is 21.2. The van der Waals surface area contributed by atoms with Crippen LogP contribution in [0.4, 0.5) is 15.0 Å². The molecule has 1 aromatic heterocycles. The van der Waals surface area contributed by atoms with Crippen LogP contribution in [0.2, 0.25) is 5.02 Å². The molecule has 0 radical (unpaired) electrons. The highest BCUT2D eigenvalue weighted by atomic mass is 35.5. The topological polar surface area (TPSA) is 77.7 Å². The van der Waals surface area contributed by atoms with Gasteiger partial charge in [0.1, 0.15) is 23.3 Å². The van der Waals surface area contributed by atoms with Gasteiger partial charge in [0, 0.05) is 12.1 Å². The average Bonchev–Trinajstić information content (AvgIpc) is 2.64. The van der Waals surface area contributed by atoms with E-state index in [9.17, 15) is 9.18 Å². The van der Waals surface area contributed by atoms with Crippen molar-refractivity contribution in [3.8, 4) is 16.9 Å². The number of anilines is 1. The van der Waals surface area contributed by atoms with Crippen LogP contribution in [0.1, 0.15) is 33.6 Å². The molecule has 0 saturated carbocycles. The highest BCUT2D eigenvalue weighted by molar-refractivity contribution is 6.33. The first-order valence-electron chi connectivity index (χ1n) is 9.49. The van der Waals surface area contributed by atoms with E-state index in [1.807, 2.05) is 20.8 Å². The Morgan fingerprint density at radius 1 is 1.31 bits per heavy atom. The molecule has 29 heavy (non-hydrogen) atoms. The van der Waals surface area contributed by atoms with Crippen LogP contribution in [-0.2, 0) is 4.74 Å². The van der Waals surface area contributed by atoms with E-state index in [1.54, 1.807) is 29.2 Å². The van der Waals surface area contributed by atoms with Gasteiger partial charge >= 0.3 is 6.09 Å². The van der Waals surface area contributed by atoms with Crippen molar-refractivity contribution in [3.05, 3.63) is 41.3 Å². The predicted molar refractivity (Wildman–Crippen MR) is 111 cm³/mol. The summed E-state index contributed by atoms with van der Waals surface area (Å²) in [5.41, 5.74) is 5.87. The molecular weight excluding hydrogens is 397 g/mol. The third-order valence-corrected chi connectivity index (χ3v) is 4.76. The highest BCUT2D eigenvalue weighted by Crippen LogP contribution is 2.29. The minimum absolute atomic E-state index is 0.0419. The molecule has 1 aliphatic heterocycles. The van der Waals surface area contributed by atoms with Crippen LogP contribution in [0.5, 0.6) is 5.75 Å². The molecule has 0 aliphatic carbocycles. The number of nitrogens with two attached hydrogens (primary N) is 1. The summed E-state index contributed by atoms with van der Waals surface area (Å²) in [4.78, 5) is 17.6. The smallest absolute Gasteiger partial charge is 0.410 e. The second kappa shape index (κ2) is 8.45. The first-order valence-corrected chi connectivity index (χ1v) is 9.87. The molecule has 1 atom stereocenters. The standard InChI is InChI=1S/C21H25ClFN3O3/c1-21(2,3)29-20(27)26-10-4-5-15(12-26)28-14-8-6-13(7-9-14)16-11-17(22)19(24)25-18(16)23/h6-9,11,15H,4-5,10,12H2,1-3H3,(H2,24,25)/t15-/m1/s1. The quantitative estimate of drug-likeness (QED) is 0.713. The molecule has 0 spiro atoms. The van der Waals surface area contributed by atoms with Crippen molar-refractivity contribution in [2.75, 3.05) is 18.8 Å². The number of aromatic nitrogens is 1. The first kappa shape index (κ1) is 21.2. The Kier molecular flexibility index (Phi) is 6.17. The summed E-state index contributed by atoms with van der Waals surface area (Å²) in [7, 11) is 0. The second-order valence-corrected chi connectivity index (χ2v) is 8.43. The number of hydrogen-bond acceptors (Lipinski definition) is 5. The fraction of sp³-hybridized carbons (Fsp3) is 0.429. The molecule has 2 heterocycles. The van der Waals surface area contributed by atoms with E-state index >= 15 is 0 Å². The van der Waals surface area contributed by atoms with Crippen molar-refractivity contribution in [2.45, 2.75) is 45.3 Å². The molecule has 1 aromatic carbocycles. The number of benzene rings is 1. The molecule has 1 fully saturated rings. The van der Waals surface area contributed by atoms with Crippen molar-refractivity contribution in [3.63, 3.8) is 0 Å². The van der Waals surface area contributed by atoms with Crippen LogP contribution in [0.15, 0.2) is 30.3 Å². The van der Waals surface area contributed by atoms with E-state index in [4.69, 9.17) is 26.8 Å². The number of carbonyl (C=O) groups is 1. The number of amides is 1. The maximum Gasteiger partial charge on any atom is 0.410 e. The number of halogens is 2. The Morgan fingerprint density at radius 2 is 2.00 bits per heavy atom. The Hall–Kier alpha value is -2.54. The maximum absolute atomic E-state index is 14.1. The molecule has 6 nitrogen and oxygen atoms in total. The predicted octanol–water partition coefficient (Wildman–Crippen LogP) is 4.90. The molecule has 0 bridgehead atoms. The van der Waals surface area contributed by atoms with Crippen molar-refractivity contribution in [1.82, 2.24) is 9.88 Å². The monoisotopic (exact) mass is 421 g/mol. The lowest BCUT2D eigenvalue weighted by molar-refractivity contribution is 0.00776. The Balaban J connectivity index is 1.65. The lowest BCUT2D eigenvalue weighted by Crippen LogP contribution is -2.46. The summed E-state index contributed by atoms with van der Waals surface area (Å²) in [6, 6.07) is 8.43. The number of hydrogen-bond donors (Lipinski definition) is 1. The summed E-state index contributed by atoms with van der Waals surface area (Å²) in [5.74, 6) is -0.0831. The van der Waals surface area contributed by atoms with Crippen LogP contribution >= 0.6 is 11.6 Å². The van der Waals surface area contributed by atoms with E-state index in [-0.39, 0.29) is 28.6 Å². The van der Waals surface area contributed by atoms with Gasteiger partial charge < -0.3 is 20.1 Å². The van der Waals surface area contributed by atoms with Crippen LogP contribution in [0.25, 0.3) is 11.1 Å². The van der Waals surface area contributed by atoms with Crippen LogP contribution < -0.4 is 10.5 Å². The third kappa shape index (κ3) is 5.50. The van der Waals surface area contributed by atoms with Gasteiger partial charge in [0.25, 0.3) is 0 Å². The molecule has 2 N–H and O–H groups in total. The van der Waals surface area contributed by atoms with Gasteiger partial charge in [-0.2, -0.15) is 4.39 Å². The lowest BCUT2D eigenvalue weighted by Gasteiger charge is -2.34. The van der Waals surface area contributed by atoms with Crippen molar-refractivity contribution >= 4 is 23.5 Å². The Bertz CT molecular complexity index is 884. The molecule has 8 heteroatoms. The number of nitrogens with zero attached hydrogens (tertiary/aromatic N) is 2. The van der Waals surface area contributed by atoms with Gasteiger partial charge in [0.2, 0.25) is 5.95 Å². The average molecular weight is 422 g/mol. The lowest BCUT2D eigenvalue weighted by atomic mass is 10.1. The van der Waals surface area contributed by atoms with Gasteiger partial charge in [0.15, 0.2) is 0 Å². The normalized spacial score (nSPS) is 17.1. The SMILES string of the molecule is CC(C)(C)OC(=O)N1CCC[C@@H](Oc2ccc(-c3cc(Cl)c(N)nc3F)cc2)C1. The van der Waals surface area contributed by atoms with Gasteiger partial charge in [-0.05, 0) is 57.4 Å². The van der Waals surface area contributed by atoms with Crippen molar-refractivity contribution in [2.24, 2.45) is 0 Å². The van der Waals surface area contributed by atoms with Crippen LogP contribution in [0.3, 0.4) is 0 Å². The Labute approximate surface area is 174 Å². The van der Waals surface area contributed by atoms with Crippen molar-refractivity contribution in [1.29, 1.82) is 0 Å². The minimum Gasteiger partial charge on any atom is -0.489 e. The summed E-state index contributed by atoms with van der Waals surface area (Å²) in [6.07, 6.45) is 1.21. The number of likely N-dealkylation sites (tertiary alicyclic amines) is 1. The minimum atomic E-state index is -0.680. The largest absolute Gasteiger partial charge is 0.489 e. The third-order valence-electron chi connectivity index (χ3n) is 4.45. The zero-order valence-corrected chi connectivity index (χ0v) is 17.5. The summed E-state index contributed by atoms with van der Waals surface area (Å²) >= 11 is 5.95. The zero-order valence-electron chi connectivity index (χ0n) is 16.7. The van der Waals surface area contributed by atoms with E-state index < -0.39 is 11.5 Å². The molecule has 156 valence electrons. The number of nitrogen functional groups attached to an aromatic ring is 1. The van der Waals surface area contributed by atoms with Gasteiger partial charge in [-0.1, -0.05) is 23.7 Å². The maximum atomic E-state index is 14.1. The molecule has 1 aliphatic rings. The van der Waals surface area contributed by atoms with E-state index in [1.165, 1.54) is 6.07 Å². The molecule has 1 saturated heterocycles. The van der Waals surface area contributed by atoms with Crippen molar-refractivity contribution < 1.29 is 18.7 Å². The van der Waals surface area contributed by atoms with Crippen LogP contribution in [-0.4, -0.2) is 40.8 Å². The van der Waals surface area contributed by atoms with E-state index in [0.29, 0.717) is 24.4 Å². The summed E-state index contributed by atoms with van der Waals surface area (Å²) in [6.45, 7) is 6.64. The Morgan fingerprint density at radius 3 is 2.66 bits per heavy atom. The number of pyridine rings is 1. The first-order chi connectivity index (χ1) is 13.6. The number of rotatable bonds is 3. The number of ether oxygens (including phenoxy) is 2. The summed E-state index contributed by atoms with van der Waals surface area (Å²) < 4.78 is 25.6. The molecule has 0 unspecified atom stereocenters. The summed E-state index contributed by atoms with van der Waals surface area (Å²) in [5, 5.41) is 0.200. The van der Waals surface area contributed by atoms with Gasteiger partial charge in [-0.15, -0.1) is 0 Å². The molecular formula is C21H25ClFN3O3. The van der Waals surface area contributed by atoms with Gasteiger partial charge in [-0.25, -0.2) is 9.78 Å². The fourth-order valence-electron chi connectivity index (χ4n) is 3.11. The number of piperidine rings is 1. The van der Waals surface area contributed by atoms with E-state index in [0.717, 1.165) is 12.8 Å².